The largest absolute Gasteiger partial charge is 0.319 e. The van der Waals surface area contributed by atoms with Crippen LogP contribution in [0.5, 0.6) is 0 Å². The molecule has 2 saturated heterocycles. The van der Waals surface area contributed by atoms with Crippen LogP contribution in [0.4, 0.5) is 0 Å². The Bertz CT molecular complexity index is 684. The molecule has 1 aromatic carbocycles. The standard InChI is InChI=1S/C15H18N4O/c20-15-14(17-12-3-1-2-4-13(12)18-15)9-19-7-10-5-16-6-11(10)8-19/h1-4,10-11,16H,5-9H2,(H,18,20)/t10-,11+. The van der Waals surface area contributed by atoms with Crippen LogP contribution in [-0.4, -0.2) is 41.0 Å². The highest BCUT2D eigenvalue weighted by Gasteiger charge is 2.36. The van der Waals surface area contributed by atoms with Gasteiger partial charge in [-0.25, -0.2) is 4.98 Å². The summed E-state index contributed by atoms with van der Waals surface area (Å²) in [6.45, 7) is 5.04. The van der Waals surface area contributed by atoms with Crippen LogP contribution in [0.2, 0.25) is 0 Å². The number of rotatable bonds is 2. The summed E-state index contributed by atoms with van der Waals surface area (Å²) in [7, 11) is 0. The zero-order chi connectivity index (χ0) is 13.5. The molecule has 2 aromatic rings. The average molecular weight is 270 g/mol. The Hall–Kier alpha value is -1.72. The molecule has 5 heteroatoms. The second-order valence-electron chi connectivity index (χ2n) is 5.90. The van der Waals surface area contributed by atoms with Gasteiger partial charge in [-0.15, -0.1) is 0 Å². The number of para-hydroxylation sites is 2. The summed E-state index contributed by atoms with van der Waals surface area (Å²) >= 11 is 0. The van der Waals surface area contributed by atoms with Crippen LogP contribution >= 0.6 is 0 Å². The molecule has 0 aliphatic carbocycles. The first-order valence-corrected chi connectivity index (χ1v) is 7.20. The highest BCUT2D eigenvalue weighted by atomic mass is 16.1. The fourth-order valence-corrected chi connectivity index (χ4v) is 3.47. The van der Waals surface area contributed by atoms with Crippen molar-refractivity contribution >= 4 is 11.0 Å². The van der Waals surface area contributed by atoms with Gasteiger partial charge in [-0.05, 0) is 37.1 Å². The second kappa shape index (κ2) is 4.68. The molecule has 2 aliphatic heterocycles. The predicted octanol–water partition coefficient (Wildman–Crippen LogP) is 0.574. The summed E-state index contributed by atoms with van der Waals surface area (Å²) in [6.07, 6.45) is 0. The number of H-pyrrole nitrogens is 1. The van der Waals surface area contributed by atoms with Crippen molar-refractivity contribution in [2.45, 2.75) is 6.54 Å². The summed E-state index contributed by atoms with van der Waals surface area (Å²) in [4.78, 5) is 21.9. The summed E-state index contributed by atoms with van der Waals surface area (Å²) in [5.74, 6) is 1.49. The van der Waals surface area contributed by atoms with Crippen molar-refractivity contribution in [2.24, 2.45) is 11.8 Å². The maximum absolute atomic E-state index is 12.1. The van der Waals surface area contributed by atoms with Gasteiger partial charge in [-0.1, -0.05) is 12.1 Å². The first-order valence-electron chi connectivity index (χ1n) is 7.20. The molecule has 0 unspecified atom stereocenters. The van der Waals surface area contributed by atoms with E-state index in [1.165, 1.54) is 0 Å². The zero-order valence-electron chi connectivity index (χ0n) is 11.3. The molecule has 20 heavy (non-hydrogen) atoms. The monoisotopic (exact) mass is 270 g/mol. The first kappa shape index (κ1) is 12.1. The number of aromatic nitrogens is 2. The van der Waals surface area contributed by atoms with E-state index in [0.717, 1.165) is 49.0 Å². The lowest BCUT2D eigenvalue weighted by atomic mass is 10.0. The number of hydrogen-bond donors (Lipinski definition) is 2. The van der Waals surface area contributed by atoms with Gasteiger partial charge in [0.2, 0.25) is 0 Å². The van der Waals surface area contributed by atoms with Crippen LogP contribution in [0.1, 0.15) is 5.69 Å². The smallest absolute Gasteiger partial charge is 0.271 e. The Morgan fingerprint density at radius 3 is 2.75 bits per heavy atom. The topological polar surface area (TPSA) is 61.0 Å². The van der Waals surface area contributed by atoms with Crippen molar-refractivity contribution in [3.63, 3.8) is 0 Å². The molecule has 2 N–H and O–H groups in total. The van der Waals surface area contributed by atoms with Crippen LogP contribution in [-0.2, 0) is 6.54 Å². The van der Waals surface area contributed by atoms with Crippen molar-refractivity contribution in [3.05, 3.63) is 40.3 Å². The highest BCUT2D eigenvalue weighted by molar-refractivity contribution is 5.73. The SMILES string of the molecule is O=c1[nH]c2ccccc2nc1CN1C[C@H]2CNC[C@H]2C1. The van der Waals surface area contributed by atoms with Gasteiger partial charge in [-0.2, -0.15) is 0 Å². The maximum atomic E-state index is 12.1. The number of aromatic amines is 1. The quantitative estimate of drug-likeness (QED) is 0.838. The summed E-state index contributed by atoms with van der Waals surface area (Å²) < 4.78 is 0. The van der Waals surface area contributed by atoms with E-state index in [1.54, 1.807) is 0 Å². The van der Waals surface area contributed by atoms with Gasteiger partial charge in [0.1, 0.15) is 5.69 Å². The second-order valence-corrected chi connectivity index (χ2v) is 5.90. The van der Waals surface area contributed by atoms with Crippen LogP contribution in [0, 0.1) is 11.8 Å². The molecule has 0 saturated carbocycles. The molecule has 1 aromatic heterocycles. The van der Waals surface area contributed by atoms with Crippen LogP contribution in [0.15, 0.2) is 29.1 Å². The molecule has 2 aliphatic rings. The zero-order valence-corrected chi connectivity index (χ0v) is 11.3. The number of nitrogens with one attached hydrogen (secondary N) is 2. The van der Waals surface area contributed by atoms with E-state index in [4.69, 9.17) is 0 Å². The van der Waals surface area contributed by atoms with Crippen molar-refractivity contribution in [1.29, 1.82) is 0 Å². The van der Waals surface area contributed by atoms with E-state index in [0.29, 0.717) is 12.2 Å². The fraction of sp³-hybridized carbons (Fsp3) is 0.467. The molecule has 0 amide bonds. The van der Waals surface area contributed by atoms with Gasteiger partial charge >= 0.3 is 0 Å². The Morgan fingerprint density at radius 1 is 1.20 bits per heavy atom. The van der Waals surface area contributed by atoms with E-state index >= 15 is 0 Å². The number of hydrogen-bond acceptors (Lipinski definition) is 4. The third-order valence-corrected chi connectivity index (χ3v) is 4.51. The fourth-order valence-electron chi connectivity index (χ4n) is 3.47. The lowest BCUT2D eigenvalue weighted by Gasteiger charge is -2.16. The number of fused-ring (bicyclic) bond motifs is 2. The van der Waals surface area contributed by atoms with Gasteiger partial charge < -0.3 is 10.3 Å². The molecule has 5 nitrogen and oxygen atoms in total. The van der Waals surface area contributed by atoms with E-state index in [1.807, 2.05) is 24.3 Å². The van der Waals surface area contributed by atoms with Crippen LogP contribution in [0.25, 0.3) is 11.0 Å². The third-order valence-electron chi connectivity index (χ3n) is 4.51. The molecule has 2 fully saturated rings. The normalized spacial score (nSPS) is 26.2. The molecule has 4 rings (SSSR count). The van der Waals surface area contributed by atoms with Crippen LogP contribution in [0.3, 0.4) is 0 Å². The minimum absolute atomic E-state index is 0.0566. The number of benzene rings is 1. The van der Waals surface area contributed by atoms with E-state index < -0.39 is 0 Å². The molecule has 104 valence electrons. The Morgan fingerprint density at radius 2 is 1.95 bits per heavy atom. The van der Waals surface area contributed by atoms with Crippen molar-refractivity contribution in [2.75, 3.05) is 26.2 Å². The summed E-state index contributed by atoms with van der Waals surface area (Å²) in [6, 6.07) is 7.69. The molecular formula is C15H18N4O. The van der Waals surface area contributed by atoms with Gasteiger partial charge in [0.25, 0.3) is 5.56 Å². The van der Waals surface area contributed by atoms with E-state index in [2.05, 4.69) is 20.2 Å². The Balaban J connectivity index is 1.59. The number of likely N-dealkylation sites (tertiary alicyclic amines) is 1. The third kappa shape index (κ3) is 2.03. The molecule has 0 bridgehead atoms. The predicted molar refractivity (Wildman–Crippen MR) is 77.5 cm³/mol. The van der Waals surface area contributed by atoms with Crippen molar-refractivity contribution in [3.8, 4) is 0 Å². The highest BCUT2D eigenvalue weighted by Crippen LogP contribution is 2.26. The first-order chi connectivity index (χ1) is 9.79. The average Bonchev–Trinajstić information content (AvgIpc) is 3.00. The van der Waals surface area contributed by atoms with Crippen molar-refractivity contribution < 1.29 is 0 Å². The number of nitrogens with zero attached hydrogens (tertiary/aromatic N) is 2. The minimum Gasteiger partial charge on any atom is -0.319 e. The Labute approximate surface area is 117 Å². The lowest BCUT2D eigenvalue weighted by molar-refractivity contribution is 0.301. The summed E-state index contributed by atoms with van der Waals surface area (Å²) in [5.41, 5.74) is 2.25. The minimum atomic E-state index is -0.0566. The van der Waals surface area contributed by atoms with Gasteiger partial charge in [-0.3, -0.25) is 9.69 Å². The summed E-state index contributed by atoms with van der Waals surface area (Å²) in [5, 5.41) is 3.43. The molecule has 0 radical (unpaired) electrons. The molecule has 3 heterocycles. The maximum Gasteiger partial charge on any atom is 0.271 e. The van der Waals surface area contributed by atoms with Crippen LogP contribution < -0.4 is 10.9 Å². The van der Waals surface area contributed by atoms with Gasteiger partial charge in [0.05, 0.1) is 11.0 Å². The molecule has 2 atom stereocenters. The van der Waals surface area contributed by atoms with Crippen molar-refractivity contribution in [1.82, 2.24) is 20.2 Å². The lowest BCUT2D eigenvalue weighted by Crippen LogP contribution is -2.29. The van der Waals surface area contributed by atoms with E-state index in [9.17, 15) is 4.79 Å². The Kier molecular flexibility index (Phi) is 2.82. The van der Waals surface area contributed by atoms with Gasteiger partial charge in [0, 0.05) is 19.6 Å². The molecule has 0 spiro atoms. The molecular weight excluding hydrogens is 252 g/mol. The van der Waals surface area contributed by atoms with E-state index in [-0.39, 0.29) is 5.56 Å². The van der Waals surface area contributed by atoms with Gasteiger partial charge in [0.15, 0.2) is 0 Å².